The van der Waals surface area contributed by atoms with E-state index in [1.807, 2.05) is 12.3 Å². The molecule has 0 saturated carbocycles. The Morgan fingerprint density at radius 3 is 2.74 bits per heavy atom. The first-order chi connectivity index (χ1) is 11.0. The summed E-state index contributed by atoms with van der Waals surface area (Å²) < 4.78 is 13.6. The van der Waals surface area contributed by atoms with E-state index in [1.54, 1.807) is 4.90 Å². The fourth-order valence-electron chi connectivity index (χ4n) is 2.79. The van der Waals surface area contributed by atoms with Crippen LogP contribution in [0.5, 0.6) is 0 Å². The summed E-state index contributed by atoms with van der Waals surface area (Å²) in [6.45, 7) is 2.45. The lowest BCUT2D eigenvalue weighted by molar-refractivity contribution is 0.0696. The van der Waals surface area contributed by atoms with Gasteiger partial charge in [-0.2, -0.15) is 0 Å². The molecule has 2 heterocycles. The van der Waals surface area contributed by atoms with Crippen LogP contribution in [0.4, 0.5) is 4.39 Å². The van der Waals surface area contributed by atoms with Crippen LogP contribution in [0.2, 0.25) is 0 Å². The number of carboxylic acid groups (broad SMARTS) is 1. The van der Waals surface area contributed by atoms with Gasteiger partial charge >= 0.3 is 5.97 Å². The number of hydrogen-bond donors (Lipinski definition) is 1. The Hall–Kier alpha value is -2.28. The quantitative estimate of drug-likeness (QED) is 0.935. The molecule has 0 radical (unpaired) electrons. The summed E-state index contributed by atoms with van der Waals surface area (Å²) in [6, 6.07) is 3.08. The minimum absolute atomic E-state index is 0.0579. The Kier molecular flexibility index (Phi) is 4.12. The molecule has 2 aromatic rings. The summed E-state index contributed by atoms with van der Waals surface area (Å²) in [5.41, 5.74) is 0.736. The second-order valence-electron chi connectivity index (χ2n) is 5.52. The van der Waals surface area contributed by atoms with E-state index in [2.05, 4.69) is 4.98 Å². The van der Waals surface area contributed by atoms with Crippen LogP contribution >= 0.6 is 11.3 Å². The Balaban J connectivity index is 1.91. The number of benzene rings is 1. The van der Waals surface area contributed by atoms with Gasteiger partial charge in [-0.15, -0.1) is 11.3 Å². The van der Waals surface area contributed by atoms with Gasteiger partial charge in [-0.05, 0) is 38.0 Å². The van der Waals surface area contributed by atoms with Crippen LogP contribution in [0, 0.1) is 12.7 Å². The van der Waals surface area contributed by atoms with Crippen molar-refractivity contribution >= 4 is 23.2 Å². The maximum absolute atomic E-state index is 13.6. The van der Waals surface area contributed by atoms with E-state index < -0.39 is 11.8 Å². The number of rotatable bonds is 3. The summed E-state index contributed by atoms with van der Waals surface area (Å²) in [6.07, 6.45) is 1.65. The molecule has 1 amide bonds. The van der Waals surface area contributed by atoms with Gasteiger partial charge in [-0.1, -0.05) is 0 Å². The summed E-state index contributed by atoms with van der Waals surface area (Å²) in [4.78, 5) is 29.8. The number of carbonyl (C=O) groups is 2. The van der Waals surface area contributed by atoms with Crippen LogP contribution in [0.3, 0.4) is 0 Å². The van der Waals surface area contributed by atoms with E-state index in [0.29, 0.717) is 6.54 Å². The smallest absolute Gasteiger partial charge is 0.335 e. The summed E-state index contributed by atoms with van der Waals surface area (Å²) in [7, 11) is 0. The van der Waals surface area contributed by atoms with Crippen LogP contribution in [-0.2, 0) is 0 Å². The molecule has 1 aromatic carbocycles. The molecule has 1 aromatic heterocycles. The van der Waals surface area contributed by atoms with Gasteiger partial charge in [0.1, 0.15) is 10.8 Å². The first-order valence-electron chi connectivity index (χ1n) is 7.22. The van der Waals surface area contributed by atoms with Crippen LogP contribution in [0.1, 0.15) is 50.3 Å². The Morgan fingerprint density at radius 1 is 1.35 bits per heavy atom. The number of thiazole rings is 1. The largest absolute Gasteiger partial charge is 0.478 e. The third-order valence-corrected chi connectivity index (χ3v) is 4.89. The number of nitrogens with zero attached hydrogens (tertiary/aromatic N) is 2. The number of hydrogen-bond acceptors (Lipinski definition) is 4. The van der Waals surface area contributed by atoms with E-state index >= 15 is 0 Å². The van der Waals surface area contributed by atoms with E-state index in [4.69, 9.17) is 5.11 Å². The van der Waals surface area contributed by atoms with Crippen molar-refractivity contribution in [1.82, 2.24) is 9.88 Å². The molecule has 0 spiro atoms. The number of aryl methyl sites for hydroxylation is 1. The normalized spacial score (nSPS) is 17.5. The third-order valence-electron chi connectivity index (χ3n) is 3.83. The molecule has 1 atom stereocenters. The van der Waals surface area contributed by atoms with Gasteiger partial charge in [-0.3, -0.25) is 4.79 Å². The van der Waals surface area contributed by atoms with Crippen molar-refractivity contribution in [2.75, 3.05) is 6.54 Å². The van der Waals surface area contributed by atoms with Crippen LogP contribution in [0.15, 0.2) is 23.6 Å². The number of halogens is 1. The fraction of sp³-hybridized carbons (Fsp3) is 0.312. The topological polar surface area (TPSA) is 70.5 Å². The highest BCUT2D eigenvalue weighted by molar-refractivity contribution is 7.09. The number of aromatic carboxylic acids is 1. The first kappa shape index (κ1) is 15.6. The summed E-state index contributed by atoms with van der Waals surface area (Å²) in [5, 5.41) is 11.8. The van der Waals surface area contributed by atoms with Gasteiger partial charge in [0.25, 0.3) is 5.91 Å². The zero-order valence-electron chi connectivity index (χ0n) is 12.5. The number of likely N-dealkylation sites (tertiary alicyclic amines) is 1. The molecule has 1 aliphatic heterocycles. The maximum Gasteiger partial charge on any atom is 0.335 e. The molecule has 1 saturated heterocycles. The average Bonchev–Trinajstić information content (AvgIpc) is 3.14. The number of amides is 1. The molecule has 1 N–H and O–H groups in total. The summed E-state index contributed by atoms with van der Waals surface area (Å²) in [5.74, 6) is -2.34. The van der Waals surface area contributed by atoms with Crippen LogP contribution in [0.25, 0.3) is 0 Å². The molecule has 1 fully saturated rings. The van der Waals surface area contributed by atoms with Gasteiger partial charge in [0.15, 0.2) is 0 Å². The summed E-state index contributed by atoms with van der Waals surface area (Å²) >= 11 is 1.50. The molecule has 1 aliphatic rings. The Bertz CT molecular complexity index is 774. The molecule has 23 heavy (non-hydrogen) atoms. The van der Waals surface area contributed by atoms with Gasteiger partial charge in [0.2, 0.25) is 0 Å². The number of carboxylic acids is 1. The van der Waals surface area contributed by atoms with Crippen molar-refractivity contribution in [2.45, 2.75) is 25.8 Å². The standard InChI is InChI=1S/C16H15FN2O3S/c1-9-8-23-14(18-9)13-3-2-4-19(13)15(20)10-5-11(16(21)22)7-12(17)6-10/h5-8,13H,2-4H2,1H3,(H,21,22)/t13-/m1/s1. The SMILES string of the molecule is Cc1csc([C@H]2CCCN2C(=O)c2cc(F)cc(C(=O)O)c2)n1. The van der Waals surface area contributed by atoms with Crippen molar-refractivity contribution in [3.63, 3.8) is 0 Å². The zero-order valence-corrected chi connectivity index (χ0v) is 13.3. The molecule has 0 unspecified atom stereocenters. The second kappa shape index (κ2) is 6.08. The second-order valence-corrected chi connectivity index (χ2v) is 6.41. The minimum atomic E-state index is -1.26. The minimum Gasteiger partial charge on any atom is -0.478 e. The van der Waals surface area contributed by atoms with E-state index in [9.17, 15) is 14.0 Å². The fourth-order valence-corrected chi connectivity index (χ4v) is 3.74. The highest BCUT2D eigenvalue weighted by Crippen LogP contribution is 2.34. The van der Waals surface area contributed by atoms with Crippen LogP contribution in [-0.4, -0.2) is 33.4 Å². The Morgan fingerprint density at radius 2 is 2.09 bits per heavy atom. The molecule has 120 valence electrons. The average molecular weight is 334 g/mol. The Labute approximate surface area is 136 Å². The first-order valence-corrected chi connectivity index (χ1v) is 8.10. The van der Waals surface area contributed by atoms with Crippen molar-refractivity contribution in [3.05, 3.63) is 51.2 Å². The van der Waals surface area contributed by atoms with Crippen molar-refractivity contribution < 1.29 is 19.1 Å². The highest BCUT2D eigenvalue weighted by atomic mass is 32.1. The van der Waals surface area contributed by atoms with Crippen LogP contribution < -0.4 is 0 Å². The third kappa shape index (κ3) is 3.10. The van der Waals surface area contributed by atoms with Crippen molar-refractivity contribution in [2.24, 2.45) is 0 Å². The van der Waals surface area contributed by atoms with E-state index in [0.717, 1.165) is 35.7 Å². The zero-order chi connectivity index (χ0) is 16.6. The van der Waals surface area contributed by atoms with Gasteiger partial charge in [-0.25, -0.2) is 14.2 Å². The predicted molar refractivity (Wildman–Crippen MR) is 83.2 cm³/mol. The van der Waals surface area contributed by atoms with Gasteiger partial charge in [0.05, 0.1) is 11.6 Å². The van der Waals surface area contributed by atoms with E-state index in [-0.39, 0.29) is 23.1 Å². The molecular formula is C16H15FN2O3S. The lowest BCUT2D eigenvalue weighted by Gasteiger charge is -2.23. The van der Waals surface area contributed by atoms with Gasteiger partial charge in [0, 0.05) is 23.2 Å². The number of aromatic nitrogens is 1. The lowest BCUT2D eigenvalue weighted by atomic mass is 10.1. The van der Waals surface area contributed by atoms with Crippen molar-refractivity contribution in [3.8, 4) is 0 Å². The number of carbonyl (C=O) groups excluding carboxylic acids is 1. The highest BCUT2D eigenvalue weighted by Gasteiger charge is 2.32. The van der Waals surface area contributed by atoms with Gasteiger partial charge < -0.3 is 10.0 Å². The monoisotopic (exact) mass is 334 g/mol. The van der Waals surface area contributed by atoms with E-state index in [1.165, 1.54) is 17.4 Å². The maximum atomic E-state index is 13.6. The lowest BCUT2D eigenvalue weighted by Crippen LogP contribution is -2.30. The molecule has 5 nitrogen and oxygen atoms in total. The van der Waals surface area contributed by atoms with Crippen molar-refractivity contribution in [1.29, 1.82) is 0 Å². The molecule has 0 bridgehead atoms. The molecule has 0 aliphatic carbocycles. The molecule has 7 heteroatoms. The molecular weight excluding hydrogens is 319 g/mol. The predicted octanol–water partition coefficient (Wildman–Crippen LogP) is 3.27. The molecule has 3 rings (SSSR count).